The van der Waals surface area contributed by atoms with E-state index in [9.17, 15) is 8.78 Å². The molecular weight excluding hydrogens is 238 g/mol. The highest BCUT2D eigenvalue weighted by atomic mass is 19.2. The molecule has 0 aliphatic carbocycles. The number of nitrogens with two attached hydrogens (primary N) is 1. The van der Waals surface area contributed by atoms with E-state index in [0.717, 1.165) is 12.1 Å². The van der Waals surface area contributed by atoms with Gasteiger partial charge in [-0.1, -0.05) is 0 Å². The molecule has 0 aromatic heterocycles. The number of nitrogens with zero attached hydrogens (tertiary/aromatic N) is 1. The second-order valence-electron chi connectivity index (χ2n) is 3.54. The van der Waals surface area contributed by atoms with E-state index in [1.54, 1.807) is 0 Å². The summed E-state index contributed by atoms with van der Waals surface area (Å²) in [6.45, 7) is 0. The van der Waals surface area contributed by atoms with Gasteiger partial charge in [-0.05, 0) is 24.3 Å². The Morgan fingerprint density at radius 2 is 1.67 bits per heavy atom. The average Bonchev–Trinajstić information content (AvgIpc) is 2.34. The van der Waals surface area contributed by atoms with Gasteiger partial charge in [-0.3, -0.25) is 0 Å². The zero-order valence-corrected chi connectivity index (χ0v) is 9.15. The molecule has 0 spiro atoms. The number of hydrogen-bond donors (Lipinski definition) is 1. The Morgan fingerprint density at radius 3 is 2.28 bits per heavy atom. The highest BCUT2D eigenvalue weighted by Gasteiger charge is 2.05. The lowest BCUT2D eigenvalue weighted by atomic mass is 10.2. The standard InChI is InChI=1S/C13H8F2N2O/c14-11-4-3-9(5-12(11)15)18-10-2-1-8(7-16)13(17)6-10/h1-6H,17H2. The highest BCUT2D eigenvalue weighted by molar-refractivity contribution is 5.57. The molecule has 3 nitrogen and oxygen atoms in total. The third-order valence-electron chi connectivity index (χ3n) is 2.27. The van der Waals surface area contributed by atoms with E-state index in [-0.39, 0.29) is 11.4 Å². The van der Waals surface area contributed by atoms with E-state index < -0.39 is 11.6 Å². The number of halogens is 2. The van der Waals surface area contributed by atoms with Crippen LogP contribution in [0.3, 0.4) is 0 Å². The molecule has 0 radical (unpaired) electrons. The van der Waals surface area contributed by atoms with Crippen LogP contribution in [-0.2, 0) is 0 Å². The van der Waals surface area contributed by atoms with E-state index in [1.807, 2.05) is 6.07 Å². The van der Waals surface area contributed by atoms with Crippen molar-refractivity contribution in [3.05, 3.63) is 53.6 Å². The Kier molecular flexibility index (Phi) is 3.11. The lowest BCUT2D eigenvalue weighted by molar-refractivity contribution is 0.461. The first-order valence-electron chi connectivity index (χ1n) is 5.02. The van der Waals surface area contributed by atoms with Gasteiger partial charge in [0.1, 0.15) is 17.6 Å². The lowest BCUT2D eigenvalue weighted by Crippen LogP contribution is -1.92. The first-order valence-corrected chi connectivity index (χ1v) is 5.02. The van der Waals surface area contributed by atoms with Crippen molar-refractivity contribution in [2.75, 3.05) is 5.73 Å². The van der Waals surface area contributed by atoms with Gasteiger partial charge in [-0.25, -0.2) is 8.78 Å². The number of nitrogen functional groups attached to an aromatic ring is 1. The zero-order valence-electron chi connectivity index (χ0n) is 9.15. The van der Waals surface area contributed by atoms with Crippen LogP contribution in [0.25, 0.3) is 0 Å². The van der Waals surface area contributed by atoms with Crippen molar-refractivity contribution in [1.82, 2.24) is 0 Å². The maximum atomic E-state index is 13.0. The number of nitriles is 1. The van der Waals surface area contributed by atoms with E-state index in [4.69, 9.17) is 15.7 Å². The fraction of sp³-hybridized carbons (Fsp3) is 0. The van der Waals surface area contributed by atoms with Crippen LogP contribution in [0.4, 0.5) is 14.5 Å². The summed E-state index contributed by atoms with van der Waals surface area (Å²) >= 11 is 0. The average molecular weight is 246 g/mol. The van der Waals surface area contributed by atoms with Crippen molar-refractivity contribution in [1.29, 1.82) is 5.26 Å². The first kappa shape index (κ1) is 11.9. The van der Waals surface area contributed by atoms with Crippen LogP contribution in [0.2, 0.25) is 0 Å². The predicted octanol–water partition coefficient (Wildman–Crippen LogP) is 3.21. The SMILES string of the molecule is N#Cc1ccc(Oc2ccc(F)c(F)c2)cc1N. The molecule has 5 heteroatoms. The normalized spacial score (nSPS) is 9.83. The van der Waals surface area contributed by atoms with Gasteiger partial charge in [0.15, 0.2) is 11.6 Å². The van der Waals surface area contributed by atoms with Gasteiger partial charge < -0.3 is 10.5 Å². The molecule has 2 rings (SSSR count). The van der Waals surface area contributed by atoms with Gasteiger partial charge in [-0.2, -0.15) is 5.26 Å². The minimum Gasteiger partial charge on any atom is -0.457 e. The molecular formula is C13H8F2N2O. The summed E-state index contributed by atoms with van der Waals surface area (Å²) in [5, 5.41) is 8.70. The molecule has 0 saturated heterocycles. The molecule has 0 saturated carbocycles. The summed E-state index contributed by atoms with van der Waals surface area (Å²) in [6, 6.07) is 9.57. The molecule has 0 bridgehead atoms. The van der Waals surface area contributed by atoms with Crippen molar-refractivity contribution in [3.63, 3.8) is 0 Å². The van der Waals surface area contributed by atoms with Crippen molar-refractivity contribution >= 4 is 5.69 Å². The van der Waals surface area contributed by atoms with Crippen molar-refractivity contribution in [2.45, 2.75) is 0 Å². The van der Waals surface area contributed by atoms with Crippen LogP contribution >= 0.6 is 0 Å². The van der Waals surface area contributed by atoms with Crippen LogP contribution in [0.5, 0.6) is 11.5 Å². The molecule has 0 heterocycles. The van der Waals surface area contributed by atoms with Crippen LogP contribution in [-0.4, -0.2) is 0 Å². The summed E-state index contributed by atoms with van der Waals surface area (Å²) < 4.78 is 31.0. The Labute approximate surface area is 102 Å². The van der Waals surface area contributed by atoms with E-state index >= 15 is 0 Å². The number of hydrogen-bond acceptors (Lipinski definition) is 3. The van der Waals surface area contributed by atoms with Crippen molar-refractivity contribution < 1.29 is 13.5 Å². The van der Waals surface area contributed by atoms with Crippen LogP contribution in [0.15, 0.2) is 36.4 Å². The molecule has 0 fully saturated rings. The molecule has 2 aromatic rings. The second-order valence-corrected chi connectivity index (χ2v) is 3.54. The fourth-order valence-corrected chi connectivity index (χ4v) is 1.38. The summed E-state index contributed by atoms with van der Waals surface area (Å²) in [5.74, 6) is -1.44. The maximum Gasteiger partial charge on any atom is 0.162 e. The second kappa shape index (κ2) is 4.72. The summed E-state index contributed by atoms with van der Waals surface area (Å²) in [5.41, 5.74) is 6.19. The highest BCUT2D eigenvalue weighted by Crippen LogP contribution is 2.26. The van der Waals surface area contributed by atoms with Gasteiger partial charge in [0.25, 0.3) is 0 Å². The number of ether oxygens (including phenoxy) is 1. The Balaban J connectivity index is 2.26. The molecule has 0 atom stereocenters. The van der Waals surface area contributed by atoms with E-state index in [1.165, 1.54) is 24.3 Å². The molecule has 2 N–H and O–H groups in total. The molecule has 0 aliphatic rings. The number of benzene rings is 2. The van der Waals surface area contributed by atoms with Crippen LogP contribution < -0.4 is 10.5 Å². The predicted molar refractivity (Wildman–Crippen MR) is 62.0 cm³/mol. The fourth-order valence-electron chi connectivity index (χ4n) is 1.38. The molecule has 90 valence electrons. The van der Waals surface area contributed by atoms with Crippen LogP contribution in [0, 0.1) is 23.0 Å². The third-order valence-corrected chi connectivity index (χ3v) is 2.27. The van der Waals surface area contributed by atoms with E-state index in [0.29, 0.717) is 11.3 Å². The summed E-state index contributed by atoms with van der Waals surface area (Å²) in [7, 11) is 0. The largest absolute Gasteiger partial charge is 0.457 e. The molecule has 0 amide bonds. The molecule has 0 unspecified atom stereocenters. The van der Waals surface area contributed by atoms with Gasteiger partial charge in [-0.15, -0.1) is 0 Å². The monoisotopic (exact) mass is 246 g/mol. The molecule has 18 heavy (non-hydrogen) atoms. The quantitative estimate of drug-likeness (QED) is 0.827. The maximum absolute atomic E-state index is 13.0. The number of anilines is 1. The van der Waals surface area contributed by atoms with Crippen LogP contribution in [0.1, 0.15) is 5.56 Å². The third kappa shape index (κ3) is 2.38. The Bertz CT molecular complexity index is 635. The zero-order chi connectivity index (χ0) is 13.1. The van der Waals surface area contributed by atoms with Gasteiger partial charge in [0.2, 0.25) is 0 Å². The summed E-state index contributed by atoms with van der Waals surface area (Å²) in [6.07, 6.45) is 0. The van der Waals surface area contributed by atoms with Crippen molar-refractivity contribution in [3.8, 4) is 17.6 Å². The van der Waals surface area contributed by atoms with Crippen molar-refractivity contribution in [2.24, 2.45) is 0 Å². The summed E-state index contributed by atoms with van der Waals surface area (Å²) in [4.78, 5) is 0. The smallest absolute Gasteiger partial charge is 0.162 e. The molecule has 0 aliphatic heterocycles. The number of rotatable bonds is 2. The minimum absolute atomic E-state index is 0.151. The Hall–Kier alpha value is -2.61. The Morgan fingerprint density at radius 1 is 1.00 bits per heavy atom. The molecule has 2 aromatic carbocycles. The lowest BCUT2D eigenvalue weighted by Gasteiger charge is -2.07. The van der Waals surface area contributed by atoms with Gasteiger partial charge in [0, 0.05) is 12.1 Å². The van der Waals surface area contributed by atoms with E-state index in [2.05, 4.69) is 0 Å². The van der Waals surface area contributed by atoms with Gasteiger partial charge >= 0.3 is 0 Å². The van der Waals surface area contributed by atoms with Gasteiger partial charge in [0.05, 0.1) is 11.3 Å². The minimum atomic E-state index is -0.992. The first-order chi connectivity index (χ1) is 8.60. The topological polar surface area (TPSA) is 59.0 Å².